The zero-order valence-electron chi connectivity index (χ0n) is 16.3. The lowest BCUT2D eigenvalue weighted by Gasteiger charge is -2.33. The third-order valence-corrected chi connectivity index (χ3v) is 7.19. The highest BCUT2D eigenvalue weighted by Crippen LogP contribution is 2.25. The number of carbonyl (C=O) groups excluding carboxylic acids is 1. The molecule has 2 aliphatic heterocycles. The zero-order chi connectivity index (χ0) is 20.7. The molecule has 7 nitrogen and oxygen atoms in total. The van der Waals surface area contributed by atoms with Crippen LogP contribution in [0.4, 0.5) is 5.69 Å². The van der Waals surface area contributed by atoms with E-state index >= 15 is 0 Å². The molecule has 0 saturated carbocycles. The number of para-hydroxylation sites is 1. The van der Waals surface area contributed by atoms with Crippen LogP contribution in [0.3, 0.4) is 0 Å². The second kappa shape index (κ2) is 7.37. The number of likely N-dealkylation sites (tertiary alicyclic amines) is 1. The molecule has 30 heavy (non-hydrogen) atoms. The molecule has 2 aliphatic rings. The van der Waals surface area contributed by atoms with Crippen LogP contribution < -0.4 is 10.0 Å². The van der Waals surface area contributed by atoms with Gasteiger partial charge >= 0.3 is 0 Å². The molecule has 0 aliphatic carbocycles. The van der Waals surface area contributed by atoms with Gasteiger partial charge in [-0.2, -0.15) is 0 Å². The number of rotatable bonds is 4. The second-order valence-corrected chi connectivity index (χ2v) is 9.51. The SMILES string of the molecule is O=C(c1ccc(NS(=O)(=O)c2cccc3cccnc23)cc1)N1CC2CCC(C1)N2. The van der Waals surface area contributed by atoms with Gasteiger partial charge < -0.3 is 10.2 Å². The number of nitrogens with zero attached hydrogens (tertiary/aromatic N) is 2. The number of sulfonamides is 1. The van der Waals surface area contributed by atoms with Crippen LogP contribution >= 0.6 is 0 Å². The number of hydrogen-bond donors (Lipinski definition) is 2. The van der Waals surface area contributed by atoms with Gasteiger partial charge in [-0.3, -0.25) is 14.5 Å². The van der Waals surface area contributed by atoms with Crippen LogP contribution in [-0.2, 0) is 10.0 Å². The van der Waals surface area contributed by atoms with E-state index in [9.17, 15) is 13.2 Å². The molecule has 2 unspecified atom stereocenters. The van der Waals surface area contributed by atoms with Gasteiger partial charge in [-0.1, -0.05) is 18.2 Å². The summed E-state index contributed by atoms with van der Waals surface area (Å²) in [6.07, 6.45) is 3.79. The van der Waals surface area contributed by atoms with Crippen LogP contribution in [0.1, 0.15) is 23.2 Å². The number of piperazine rings is 1. The summed E-state index contributed by atoms with van der Waals surface area (Å²) >= 11 is 0. The predicted octanol–water partition coefficient (Wildman–Crippen LogP) is 2.61. The molecule has 1 amide bonds. The number of pyridine rings is 1. The number of hydrogen-bond acceptors (Lipinski definition) is 5. The molecule has 2 fully saturated rings. The lowest BCUT2D eigenvalue weighted by atomic mass is 10.1. The van der Waals surface area contributed by atoms with Crippen LogP contribution in [0.25, 0.3) is 10.9 Å². The molecule has 2 bridgehead atoms. The molecule has 2 N–H and O–H groups in total. The summed E-state index contributed by atoms with van der Waals surface area (Å²) in [5.74, 6) is -0.0129. The highest BCUT2D eigenvalue weighted by molar-refractivity contribution is 7.93. The molecule has 5 rings (SSSR count). The second-order valence-electron chi connectivity index (χ2n) is 7.86. The molecule has 2 atom stereocenters. The van der Waals surface area contributed by atoms with Gasteiger partial charge in [0.15, 0.2) is 0 Å². The van der Waals surface area contributed by atoms with Crippen molar-refractivity contribution in [2.45, 2.75) is 29.8 Å². The number of benzene rings is 2. The molecule has 2 saturated heterocycles. The van der Waals surface area contributed by atoms with Crippen LogP contribution in [0.15, 0.2) is 65.7 Å². The van der Waals surface area contributed by atoms with Crippen molar-refractivity contribution in [2.24, 2.45) is 0 Å². The minimum atomic E-state index is -3.82. The van der Waals surface area contributed by atoms with Crippen molar-refractivity contribution >= 4 is 32.5 Å². The summed E-state index contributed by atoms with van der Waals surface area (Å²) < 4.78 is 28.4. The van der Waals surface area contributed by atoms with Crippen molar-refractivity contribution in [2.75, 3.05) is 17.8 Å². The average Bonchev–Trinajstić information content (AvgIpc) is 3.10. The van der Waals surface area contributed by atoms with E-state index < -0.39 is 10.0 Å². The van der Waals surface area contributed by atoms with Gasteiger partial charge in [0, 0.05) is 48.0 Å². The largest absolute Gasteiger partial charge is 0.336 e. The minimum Gasteiger partial charge on any atom is -0.336 e. The van der Waals surface area contributed by atoms with Gasteiger partial charge in [-0.25, -0.2) is 8.42 Å². The molecule has 0 spiro atoms. The Labute approximate surface area is 175 Å². The summed E-state index contributed by atoms with van der Waals surface area (Å²) in [7, 11) is -3.82. The molecule has 154 valence electrons. The van der Waals surface area contributed by atoms with Gasteiger partial charge in [0.2, 0.25) is 0 Å². The van der Waals surface area contributed by atoms with Crippen molar-refractivity contribution in [3.05, 3.63) is 66.4 Å². The van der Waals surface area contributed by atoms with Crippen molar-refractivity contribution in [1.29, 1.82) is 0 Å². The first-order valence-corrected chi connectivity index (χ1v) is 11.5. The zero-order valence-corrected chi connectivity index (χ0v) is 17.1. The minimum absolute atomic E-state index is 0.0129. The average molecular weight is 423 g/mol. The Bertz CT molecular complexity index is 1190. The Kier molecular flexibility index (Phi) is 4.67. The van der Waals surface area contributed by atoms with E-state index in [1.54, 1.807) is 42.6 Å². The van der Waals surface area contributed by atoms with Crippen LogP contribution in [0.2, 0.25) is 0 Å². The van der Waals surface area contributed by atoms with E-state index in [1.807, 2.05) is 17.0 Å². The van der Waals surface area contributed by atoms with E-state index in [0.717, 1.165) is 31.3 Å². The van der Waals surface area contributed by atoms with Crippen LogP contribution in [-0.4, -0.2) is 49.4 Å². The molecule has 3 heterocycles. The maximum atomic E-state index is 12.9. The Morgan fingerprint density at radius 1 is 1.00 bits per heavy atom. The normalized spacial score (nSPS) is 21.0. The molecule has 8 heteroatoms. The summed E-state index contributed by atoms with van der Waals surface area (Å²) in [6, 6.07) is 16.0. The van der Waals surface area contributed by atoms with E-state index in [0.29, 0.717) is 28.9 Å². The van der Waals surface area contributed by atoms with Crippen molar-refractivity contribution < 1.29 is 13.2 Å². The smallest absolute Gasteiger partial charge is 0.264 e. The fraction of sp³-hybridized carbons (Fsp3) is 0.273. The summed E-state index contributed by atoms with van der Waals surface area (Å²) in [4.78, 5) is 19.1. The Balaban J connectivity index is 1.35. The number of anilines is 1. The lowest BCUT2D eigenvalue weighted by Crippen LogP contribution is -2.53. The van der Waals surface area contributed by atoms with E-state index in [2.05, 4.69) is 15.0 Å². The number of amides is 1. The highest BCUT2D eigenvalue weighted by Gasteiger charge is 2.34. The fourth-order valence-electron chi connectivity index (χ4n) is 4.33. The van der Waals surface area contributed by atoms with Gasteiger partial charge in [0.1, 0.15) is 4.90 Å². The first kappa shape index (κ1) is 19.0. The van der Waals surface area contributed by atoms with E-state index in [-0.39, 0.29) is 10.8 Å². The van der Waals surface area contributed by atoms with E-state index in [1.165, 1.54) is 6.07 Å². The summed E-state index contributed by atoms with van der Waals surface area (Å²) in [5, 5.41) is 4.27. The van der Waals surface area contributed by atoms with Crippen molar-refractivity contribution in [1.82, 2.24) is 15.2 Å². The predicted molar refractivity (Wildman–Crippen MR) is 115 cm³/mol. The Morgan fingerprint density at radius 3 is 2.43 bits per heavy atom. The third-order valence-electron chi connectivity index (χ3n) is 5.77. The molecule has 2 aromatic carbocycles. The summed E-state index contributed by atoms with van der Waals surface area (Å²) in [5.41, 5.74) is 1.39. The Hall–Kier alpha value is -2.97. The van der Waals surface area contributed by atoms with Crippen molar-refractivity contribution in [3.63, 3.8) is 0 Å². The number of carbonyl (C=O) groups is 1. The fourth-order valence-corrected chi connectivity index (χ4v) is 5.57. The number of nitrogens with one attached hydrogen (secondary N) is 2. The molecular weight excluding hydrogens is 400 g/mol. The quantitative estimate of drug-likeness (QED) is 0.674. The first-order chi connectivity index (χ1) is 14.5. The van der Waals surface area contributed by atoms with Gasteiger partial charge in [0.25, 0.3) is 15.9 Å². The lowest BCUT2D eigenvalue weighted by molar-refractivity contribution is 0.0697. The highest BCUT2D eigenvalue weighted by atomic mass is 32.2. The van der Waals surface area contributed by atoms with Crippen LogP contribution in [0, 0.1) is 0 Å². The van der Waals surface area contributed by atoms with Gasteiger partial charge in [-0.15, -0.1) is 0 Å². The topological polar surface area (TPSA) is 91.4 Å². The van der Waals surface area contributed by atoms with Gasteiger partial charge in [-0.05, 0) is 49.2 Å². The molecule has 1 aromatic heterocycles. The standard InChI is InChI=1S/C22H22N4O3S/c27-22(26-13-18-10-11-19(14-26)24-18)16-6-8-17(9-7-16)25-30(28,29)20-5-1-3-15-4-2-12-23-21(15)20/h1-9,12,18-19,24-25H,10-11,13-14H2. The number of fused-ring (bicyclic) bond motifs is 3. The summed E-state index contributed by atoms with van der Waals surface area (Å²) in [6.45, 7) is 1.44. The van der Waals surface area contributed by atoms with Crippen LogP contribution in [0.5, 0.6) is 0 Å². The number of aromatic nitrogens is 1. The Morgan fingerprint density at radius 2 is 1.70 bits per heavy atom. The maximum Gasteiger partial charge on any atom is 0.264 e. The monoisotopic (exact) mass is 422 g/mol. The molecule has 3 aromatic rings. The first-order valence-electron chi connectivity index (χ1n) is 10.0. The maximum absolute atomic E-state index is 12.9. The van der Waals surface area contributed by atoms with Gasteiger partial charge in [0.05, 0.1) is 5.52 Å². The third kappa shape index (κ3) is 3.53. The van der Waals surface area contributed by atoms with E-state index in [4.69, 9.17) is 0 Å². The molecule has 0 radical (unpaired) electrons. The van der Waals surface area contributed by atoms with Crippen molar-refractivity contribution in [3.8, 4) is 0 Å². The molecular formula is C22H22N4O3S.